The van der Waals surface area contributed by atoms with Gasteiger partial charge in [0.05, 0.1) is 18.6 Å². The molecular weight excluding hydrogens is 372 g/mol. The molecular formula is C21H26N4O2S. The molecule has 1 saturated heterocycles. The normalized spacial score (nSPS) is 16.4. The van der Waals surface area contributed by atoms with Gasteiger partial charge in [-0.15, -0.1) is 11.3 Å². The summed E-state index contributed by atoms with van der Waals surface area (Å²) in [4.78, 5) is 12.9. The molecule has 0 radical (unpaired) electrons. The molecule has 1 aliphatic rings. The molecule has 1 N–H and O–H groups in total. The van der Waals surface area contributed by atoms with Crippen molar-refractivity contribution in [2.45, 2.75) is 19.6 Å². The van der Waals surface area contributed by atoms with E-state index in [9.17, 15) is 0 Å². The van der Waals surface area contributed by atoms with E-state index in [0.29, 0.717) is 18.5 Å². The lowest BCUT2D eigenvalue weighted by Gasteiger charge is -2.32. The number of nitrogens with one attached hydrogen (secondary N) is 1. The van der Waals surface area contributed by atoms with Crippen molar-refractivity contribution in [2.75, 3.05) is 45.3 Å². The topological polar surface area (TPSA) is 59.5 Å². The average molecular weight is 399 g/mol. The van der Waals surface area contributed by atoms with E-state index in [0.717, 1.165) is 48.9 Å². The molecule has 0 amide bonds. The SMILES string of the molecule is COCc1nc(NCC(C)N2CCOCC2)c2c(-c3ccccc3)csc2n1. The Morgan fingerprint density at radius 2 is 2.00 bits per heavy atom. The van der Waals surface area contributed by atoms with Crippen molar-refractivity contribution in [3.8, 4) is 11.1 Å². The van der Waals surface area contributed by atoms with Crippen molar-refractivity contribution >= 4 is 27.4 Å². The molecule has 1 fully saturated rings. The Kier molecular flexibility index (Phi) is 6.17. The van der Waals surface area contributed by atoms with Crippen LogP contribution in [0.5, 0.6) is 0 Å². The van der Waals surface area contributed by atoms with E-state index in [1.807, 2.05) is 6.07 Å². The highest BCUT2D eigenvalue weighted by atomic mass is 32.1. The minimum Gasteiger partial charge on any atom is -0.379 e. The predicted molar refractivity (Wildman–Crippen MR) is 114 cm³/mol. The molecule has 0 aliphatic carbocycles. The van der Waals surface area contributed by atoms with E-state index in [-0.39, 0.29) is 0 Å². The van der Waals surface area contributed by atoms with Gasteiger partial charge in [0, 0.05) is 43.7 Å². The van der Waals surface area contributed by atoms with E-state index in [1.54, 1.807) is 18.4 Å². The van der Waals surface area contributed by atoms with Crippen LogP contribution in [0.25, 0.3) is 21.3 Å². The fraction of sp³-hybridized carbons (Fsp3) is 0.429. The van der Waals surface area contributed by atoms with Crippen LogP contribution in [0.3, 0.4) is 0 Å². The quantitative estimate of drug-likeness (QED) is 0.656. The maximum absolute atomic E-state index is 5.47. The number of nitrogens with zero attached hydrogens (tertiary/aromatic N) is 3. The molecule has 148 valence electrons. The van der Waals surface area contributed by atoms with Crippen LogP contribution in [0.1, 0.15) is 12.7 Å². The Morgan fingerprint density at radius 1 is 1.21 bits per heavy atom. The summed E-state index contributed by atoms with van der Waals surface area (Å²) in [5.41, 5.74) is 2.35. The van der Waals surface area contributed by atoms with Crippen molar-refractivity contribution < 1.29 is 9.47 Å². The summed E-state index contributed by atoms with van der Waals surface area (Å²) >= 11 is 1.65. The number of anilines is 1. The summed E-state index contributed by atoms with van der Waals surface area (Å²) < 4.78 is 10.7. The Morgan fingerprint density at radius 3 is 2.75 bits per heavy atom. The van der Waals surface area contributed by atoms with Crippen molar-refractivity contribution in [3.63, 3.8) is 0 Å². The first-order chi connectivity index (χ1) is 13.8. The van der Waals surface area contributed by atoms with Gasteiger partial charge in [0.1, 0.15) is 17.3 Å². The highest BCUT2D eigenvalue weighted by molar-refractivity contribution is 7.17. The molecule has 1 unspecified atom stereocenters. The monoisotopic (exact) mass is 398 g/mol. The summed E-state index contributed by atoms with van der Waals surface area (Å²) in [6.45, 7) is 7.05. The van der Waals surface area contributed by atoms with Gasteiger partial charge < -0.3 is 14.8 Å². The first kappa shape index (κ1) is 19.3. The molecule has 0 saturated carbocycles. The molecule has 1 aromatic carbocycles. The molecule has 3 heterocycles. The predicted octanol–water partition coefficient (Wildman–Crippen LogP) is 3.64. The Bertz CT molecular complexity index is 909. The average Bonchev–Trinajstić information content (AvgIpc) is 3.17. The first-order valence-electron chi connectivity index (χ1n) is 9.64. The number of rotatable bonds is 7. The second-order valence-corrected chi connectivity index (χ2v) is 7.85. The van der Waals surface area contributed by atoms with Crippen LogP contribution in [0.2, 0.25) is 0 Å². The van der Waals surface area contributed by atoms with Crippen LogP contribution < -0.4 is 5.32 Å². The number of morpholine rings is 1. The number of ether oxygens (including phenoxy) is 2. The molecule has 28 heavy (non-hydrogen) atoms. The van der Waals surface area contributed by atoms with Crippen molar-refractivity contribution in [1.29, 1.82) is 0 Å². The molecule has 1 aliphatic heterocycles. The van der Waals surface area contributed by atoms with Gasteiger partial charge >= 0.3 is 0 Å². The van der Waals surface area contributed by atoms with Crippen LogP contribution >= 0.6 is 11.3 Å². The lowest BCUT2D eigenvalue weighted by Crippen LogP contribution is -2.45. The zero-order valence-electron chi connectivity index (χ0n) is 16.4. The third-order valence-corrected chi connectivity index (χ3v) is 5.94. The summed E-state index contributed by atoms with van der Waals surface area (Å²) in [5, 5.41) is 6.85. The number of fused-ring (bicyclic) bond motifs is 1. The van der Waals surface area contributed by atoms with Crippen LogP contribution in [0, 0.1) is 0 Å². The largest absolute Gasteiger partial charge is 0.379 e. The number of hydrogen-bond acceptors (Lipinski definition) is 7. The van der Waals surface area contributed by atoms with Gasteiger partial charge in [-0.25, -0.2) is 9.97 Å². The molecule has 0 bridgehead atoms. The van der Waals surface area contributed by atoms with Crippen molar-refractivity contribution in [2.24, 2.45) is 0 Å². The molecule has 2 aromatic heterocycles. The fourth-order valence-electron chi connectivity index (χ4n) is 3.53. The summed E-state index contributed by atoms with van der Waals surface area (Å²) in [6, 6.07) is 10.8. The number of benzene rings is 1. The second-order valence-electron chi connectivity index (χ2n) is 7.00. The second kappa shape index (κ2) is 8.96. The lowest BCUT2D eigenvalue weighted by atomic mass is 10.1. The molecule has 1 atom stereocenters. The summed E-state index contributed by atoms with van der Waals surface area (Å²) in [7, 11) is 1.67. The van der Waals surface area contributed by atoms with Gasteiger partial charge in [0.15, 0.2) is 5.82 Å². The Hall–Kier alpha value is -2.06. The molecule has 0 spiro atoms. The zero-order chi connectivity index (χ0) is 19.3. The fourth-order valence-corrected chi connectivity index (χ4v) is 4.50. The van der Waals surface area contributed by atoms with E-state index in [4.69, 9.17) is 19.4 Å². The minimum atomic E-state index is 0.401. The van der Waals surface area contributed by atoms with Gasteiger partial charge in [0.2, 0.25) is 0 Å². The molecule has 7 heteroatoms. The van der Waals surface area contributed by atoms with Gasteiger partial charge in [-0.2, -0.15) is 0 Å². The van der Waals surface area contributed by atoms with Crippen molar-refractivity contribution in [3.05, 3.63) is 41.5 Å². The first-order valence-corrected chi connectivity index (χ1v) is 10.5. The van der Waals surface area contributed by atoms with E-state index < -0.39 is 0 Å². The van der Waals surface area contributed by atoms with Gasteiger partial charge in [-0.3, -0.25) is 4.90 Å². The summed E-state index contributed by atoms with van der Waals surface area (Å²) in [5.74, 6) is 1.59. The molecule has 6 nitrogen and oxygen atoms in total. The third kappa shape index (κ3) is 4.17. The number of aromatic nitrogens is 2. The highest BCUT2D eigenvalue weighted by Crippen LogP contribution is 2.37. The van der Waals surface area contributed by atoms with E-state index in [1.165, 1.54) is 11.1 Å². The number of thiophene rings is 1. The van der Waals surface area contributed by atoms with Crippen molar-refractivity contribution in [1.82, 2.24) is 14.9 Å². The van der Waals surface area contributed by atoms with E-state index >= 15 is 0 Å². The van der Waals surface area contributed by atoms with Crippen LogP contribution in [-0.4, -0.2) is 60.9 Å². The van der Waals surface area contributed by atoms with E-state index in [2.05, 4.69) is 46.8 Å². The minimum absolute atomic E-state index is 0.401. The summed E-state index contributed by atoms with van der Waals surface area (Å²) in [6.07, 6.45) is 0. The lowest BCUT2D eigenvalue weighted by molar-refractivity contribution is 0.0227. The van der Waals surface area contributed by atoms with Gasteiger partial charge in [0.25, 0.3) is 0 Å². The molecule has 3 aromatic rings. The smallest absolute Gasteiger partial charge is 0.158 e. The van der Waals surface area contributed by atoms with Crippen LogP contribution in [-0.2, 0) is 16.1 Å². The maximum atomic E-state index is 5.47. The Labute approximate surface area is 169 Å². The number of hydrogen-bond donors (Lipinski definition) is 1. The Balaban J connectivity index is 1.65. The number of methoxy groups -OCH3 is 1. The highest BCUT2D eigenvalue weighted by Gasteiger charge is 2.19. The zero-order valence-corrected chi connectivity index (χ0v) is 17.2. The van der Waals surface area contributed by atoms with Crippen LogP contribution in [0.15, 0.2) is 35.7 Å². The standard InChI is InChI=1S/C21H26N4O2S/c1-15(25-8-10-27-11-9-25)12-22-20-19-17(16-6-4-3-5-7-16)14-28-21(19)24-18(23-20)13-26-2/h3-7,14-15H,8-13H2,1-2H3,(H,22,23,24). The van der Waals surface area contributed by atoms with Crippen LogP contribution in [0.4, 0.5) is 5.82 Å². The third-order valence-electron chi connectivity index (χ3n) is 5.07. The maximum Gasteiger partial charge on any atom is 0.158 e. The van der Waals surface area contributed by atoms with Gasteiger partial charge in [-0.1, -0.05) is 30.3 Å². The van der Waals surface area contributed by atoms with Gasteiger partial charge in [-0.05, 0) is 12.5 Å². The molecule has 4 rings (SSSR count).